The maximum absolute atomic E-state index is 12.0. The van der Waals surface area contributed by atoms with Crippen LogP contribution in [-0.2, 0) is 6.54 Å². The molecule has 8 nitrogen and oxygen atoms in total. The fourth-order valence-corrected chi connectivity index (χ4v) is 2.90. The van der Waals surface area contributed by atoms with E-state index in [4.69, 9.17) is 37.2 Å². The van der Waals surface area contributed by atoms with Gasteiger partial charge >= 0.3 is 6.03 Å². The number of hydrogen-bond donors (Lipinski definition) is 2. The van der Waals surface area contributed by atoms with E-state index in [-0.39, 0.29) is 19.2 Å². The Balaban J connectivity index is 1.39. The summed E-state index contributed by atoms with van der Waals surface area (Å²) >= 11 is 12.0. The lowest BCUT2D eigenvalue weighted by Gasteiger charge is -2.09. The van der Waals surface area contributed by atoms with Gasteiger partial charge in [0.15, 0.2) is 11.5 Å². The fourth-order valence-electron chi connectivity index (χ4n) is 2.41. The Bertz CT molecular complexity index is 988. The highest BCUT2D eigenvalue weighted by atomic mass is 35.5. The monoisotopic (exact) mass is 406 g/mol. The number of anilines is 1. The summed E-state index contributed by atoms with van der Waals surface area (Å²) in [6.45, 7) is 0.218. The molecule has 2 amide bonds. The van der Waals surface area contributed by atoms with Crippen LogP contribution in [0, 0.1) is 0 Å². The van der Waals surface area contributed by atoms with Crippen molar-refractivity contribution in [2.24, 2.45) is 0 Å². The Kier molecular flexibility index (Phi) is 4.74. The van der Waals surface area contributed by atoms with Crippen molar-refractivity contribution in [3.63, 3.8) is 0 Å². The van der Waals surface area contributed by atoms with Crippen molar-refractivity contribution in [2.75, 3.05) is 12.1 Å². The predicted octanol–water partition coefficient (Wildman–Crippen LogP) is 4.09. The zero-order valence-electron chi connectivity index (χ0n) is 13.7. The zero-order valence-corrected chi connectivity index (χ0v) is 15.2. The Morgan fingerprint density at radius 2 is 1.89 bits per heavy atom. The number of amides is 2. The lowest BCUT2D eigenvalue weighted by molar-refractivity contribution is 0.174. The number of halogens is 2. The second-order valence-corrected chi connectivity index (χ2v) is 6.30. The molecule has 4 rings (SSSR count). The van der Waals surface area contributed by atoms with E-state index in [0.29, 0.717) is 38.6 Å². The third-order valence-corrected chi connectivity index (χ3v) is 4.33. The van der Waals surface area contributed by atoms with Gasteiger partial charge in [0.25, 0.3) is 0 Å². The molecule has 0 fully saturated rings. The van der Waals surface area contributed by atoms with Crippen LogP contribution in [0.1, 0.15) is 5.89 Å². The molecule has 2 aromatic carbocycles. The van der Waals surface area contributed by atoms with Crippen LogP contribution in [0.2, 0.25) is 10.0 Å². The minimum atomic E-state index is -0.507. The Hall–Kier alpha value is -2.97. The molecule has 0 spiro atoms. The third kappa shape index (κ3) is 3.76. The Morgan fingerprint density at radius 3 is 2.70 bits per heavy atom. The number of ether oxygens (including phenoxy) is 2. The van der Waals surface area contributed by atoms with E-state index < -0.39 is 6.03 Å². The van der Waals surface area contributed by atoms with Crippen LogP contribution in [-0.4, -0.2) is 23.0 Å². The fraction of sp³-hybridized carbons (Fsp3) is 0.118. The SMILES string of the molecule is O=C(NCc1nc(-c2ccc3c(c2)OCO3)no1)Nc1c(Cl)cccc1Cl. The van der Waals surface area contributed by atoms with Crippen molar-refractivity contribution in [3.05, 3.63) is 52.3 Å². The van der Waals surface area contributed by atoms with Crippen LogP contribution in [0.3, 0.4) is 0 Å². The van der Waals surface area contributed by atoms with Crippen LogP contribution in [0.5, 0.6) is 11.5 Å². The molecule has 27 heavy (non-hydrogen) atoms. The standard InChI is InChI=1S/C17H12Cl2N4O4/c18-10-2-1-3-11(19)15(10)22-17(24)20-7-14-21-16(23-27-14)9-4-5-12-13(6-9)26-8-25-12/h1-6H,7-8H2,(H2,20,22,24). The number of aromatic nitrogens is 2. The van der Waals surface area contributed by atoms with E-state index in [2.05, 4.69) is 20.8 Å². The smallest absolute Gasteiger partial charge is 0.319 e. The maximum atomic E-state index is 12.0. The van der Waals surface area contributed by atoms with Crippen LogP contribution < -0.4 is 20.1 Å². The highest BCUT2D eigenvalue weighted by molar-refractivity contribution is 6.39. The first-order chi connectivity index (χ1) is 13.1. The van der Waals surface area contributed by atoms with Crippen molar-refractivity contribution in [1.29, 1.82) is 0 Å². The molecule has 2 heterocycles. The highest BCUT2D eigenvalue weighted by Gasteiger charge is 2.17. The number of para-hydroxylation sites is 1. The number of benzene rings is 2. The Labute approximate surface area is 163 Å². The zero-order chi connectivity index (χ0) is 18.8. The third-order valence-electron chi connectivity index (χ3n) is 3.70. The lowest BCUT2D eigenvalue weighted by Crippen LogP contribution is -2.28. The second-order valence-electron chi connectivity index (χ2n) is 5.48. The first-order valence-electron chi connectivity index (χ1n) is 7.81. The minimum Gasteiger partial charge on any atom is -0.454 e. The maximum Gasteiger partial charge on any atom is 0.319 e. The van der Waals surface area contributed by atoms with Crippen molar-refractivity contribution >= 4 is 34.9 Å². The molecule has 0 atom stereocenters. The first-order valence-corrected chi connectivity index (χ1v) is 8.57. The highest BCUT2D eigenvalue weighted by Crippen LogP contribution is 2.35. The minimum absolute atomic E-state index is 0.0332. The lowest BCUT2D eigenvalue weighted by atomic mass is 10.2. The molecule has 1 aliphatic heterocycles. The summed E-state index contributed by atoms with van der Waals surface area (Å²) in [5.74, 6) is 1.90. The van der Waals surface area contributed by atoms with Crippen LogP contribution in [0.25, 0.3) is 11.4 Å². The van der Waals surface area contributed by atoms with Gasteiger partial charge in [0.2, 0.25) is 18.5 Å². The normalized spacial score (nSPS) is 12.1. The molecular weight excluding hydrogens is 395 g/mol. The van der Waals surface area contributed by atoms with Crippen LogP contribution >= 0.6 is 23.2 Å². The van der Waals surface area contributed by atoms with Gasteiger partial charge < -0.3 is 24.6 Å². The average molecular weight is 407 g/mol. The largest absolute Gasteiger partial charge is 0.454 e. The predicted molar refractivity (Wildman–Crippen MR) is 98.2 cm³/mol. The van der Waals surface area contributed by atoms with Gasteiger partial charge in [0.1, 0.15) is 0 Å². The number of rotatable bonds is 4. The number of nitrogens with one attached hydrogen (secondary N) is 2. The molecule has 138 valence electrons. The molecule has 0 bridgehead atoms. The molecule has 0 saturated carbocycles. The van der Waals surface area contributed by atoms with Crippen molar-refractivity contribution in [3.8, 4) is 22.9 Å². The van der Waals surface area contributed by atoms with E-state index >= 15 is 0 Å². The summed E-state index contributed by atoms with van der Waals surface area (Å²) in [7, 11) is 0. The van der Waals surface area contributed by atoms with Gasteiger partial charge in [0.05, 0.1) is 22.3 Å². The second kappa shape index (κ2) is 7.34. The molecule has 3 aromatic rings. The number of hydrogen-bond acceptors (Lipinski definition) is 6. The molecule has 0 radical (unpaired) electrons. The van der Waals surface area contributed by atoms with Gasteiger partial charge in [-0.1, -0.05) is 34.4 Å². The number of carbonyl (C=O) groups excluding carboxylic acids is 1. The molecule has 10 heteroatoms. The summed E-state index contributed by atoms with van der Waals surface area (Å²) in [5.41, 5.74) is 1.03. The van der Waals surface area contributed by atoms with Gasteiger partial charge in [-0.05, 0) is 30.3 Å². The van der Waals surface area contributed by atoms with E-state index in [9.17, 15) is 4.79 Å². The molecule has 1 aliphatic rings. The number of carbonyl (C=O) groups is 1. The van der Waals surface area contributed by atoms with Crippen LogP contribution in [0.4, 0.5) is 10.5 Å². The van der Waals surface area contributed by atoms with Gasteiger partial charge in [-0.15, -0.1) is 0 Å². The van der Waals surface area contributed by atoms with Crippen LogP contribution in [0.15, 0.2) is 40.9 Å². The summed E-state index contributed by atoms with van der Waals surface area (Å²) in [6.07, 6.45) is 0. The molecule has 1 aromatic heterocycles. The molecule has 0 aliphatic carbocycles. The number of fused-ring (bicyclic) bond motifs is 1. The van der Waals surface area contributed by atoms with Crippen molar-refractivity contribution in [2.45, 2.75) is 6.54 Å². The van der Waals surface area contributed by atoms with Gasteiger partial charge in [-0.3, -0.25) is 0 Å². The molecule has 0 saturated heterocycles. The molecular formula is C17H12Cl2N4O4. The van der Waals surface area contributed by atoms with E-state index in [1.807, 2.05) is 0 Å². The number of urea groups is 1. The first kappa shape index (κ1) is 17.4. The van der Waals surface area contributed by atoms with E-state index in [1.165, 1.54) is 0 Å². The van der Waals surface area contributed by atoms with Gasteiger partial charge in [-0.2, -0.15) is 4.98 Å². The molecule has 0 unspecified atom stereocenters. The summed E-state index contributed by atoms with van der Waals surface area (Å²) in [5, 5.41) is 9.75. The average Bonchev–Trinajstić information content (AvgIpc) is 3.31. The van der Waals surface area contributed by atoms with E-state index in [0.717, 1.165) is 0 Å². The summed E-state index contributed by atoms with van der Waals surface area (Å²) in [6, 6.07) is 9.75. The van der Waals surface area contributed by atoms with Gasteiger partial charge in [-0.25, -0.2) is 4.79 Å². The molecule has 2 N–H and O–H groups in total. The number of nitrogens with zero attached hydrogens (tertiary/aromatic N) is 2. The quantitative estimate of drug-likeness (QED) is 0.676. The Morgan fingerprint density at radius 1 is 1.11 bits per heavy atom. The van der Waals surface area contributed by atoms with E-state index in [1.54, 1.807) is 36.4 Å². The summed E-state index contributed by atoms with van der Waals surface area (Å²) in [4.78, 5) is 16.3. The van der Waals surface area contributed by atoms with Crippen molar-refractivity contribution < 1.29 is 18.8 Å². The van der Waals surface area contributed by atoms with Crippen molar-refractivity contribution in [1.82, 2.24) is 15.5 Å². The summed E-state index contributed by atoms with van der Waals surface area (Å²) < 4.78 is 15.8. The van der Waals surface area contributed by atoms with Gasteiger partial charge in [0, 0.05) is 5.56 Å². The topological polar surface area (TPSA) is 98.5 Å².